The van der Waals surface area contributed by atoms with Crippen molar-refractivity contribution in [3.05, 3.63) is 35.4 Å². The highest BCUT2D eigenvalue weighted by Crippen LogP contribution is 2.08. The molecule has 0 saturated carbocycles. The summed E-state index contributed by atoms with van der Waals surface area (Å²) < 4.78 is 22.1. The Kier molecular flexibility index (Phi) is 10.4. The summed E-state index contributed by atoms with van der Waals surface area (Å²) in [6.45, 7) is 3.43. The maximum atomic E-state index is 11.1. The predicted octanol–water partition coefficient (Wildman–Crippen LogP) is 1.97. The van der Waals surface area contributed by atoms with Crippen LogP contribution in [0.25, 0.3) is 0 Å². The van der Waals surface area contributed by atoms with Crippen LogP contribution in [-0.4, -0.2) is 40.0 Å². The first-order chi connectivity index (χ1) is 9.96. The zero-order chi connectivity index (χ0) is 15.7. The molecule has 2 N–H and O–H groups in total. The van der Waals surface area contributed by atoms with Gasteiger partial charge in [-0.05, 0) is 24.0 Å². The minimum atomic E-state index is -2.89. The average Bonchev–Trinajstić information content (AvgIpc) is 2.45. The van der Waals surface area contributed by atoms with Crippen LogP contribution >= 0.6 is 24.0 Å². The lowest BCUT2D eigenvalue weighted by molar-refractivity contribution is 0.598. The lowest BCUT2D eigenvalue weighted by atomic mass is 10.1. The van der Waals surface area contributed by atoms with Crippen LogP contribution in [0.2, 0.25) is 0 Å². The number of rotatable bonds is 7. The molecule has 0 atom stereocenters. The van der Waals surface area contributed by atoms with Gasteiger partial charge in [-0.15, -0.1) is 24.0 Å². The Balaban J connectivity index is 0.00000441. The fourth-order valence-electron chi connectivity index (χ4n) is 2.02. The zero-order valence-electron chi connectivity index (χ0n) is 13.4. The first-order valence-corrected chi connectivity index (χ1v) is 9.21. The smallest absolute Gasteiger partial charge is 0.191 e. The average molecular weight is 439 g/mol. The van der Waals surface area contributed by atoms with Gasteiger partial charge in [0.2, 0.25) is 0 Å². The van der Waals surface area contributed by atoms with Crippen molar-refractivity contribution < 1.29 is 8.42 Å². The molecule has 0 spiro atoms. The summed E-state index contributed by atoms with van der Waals surface area (Å²) >= 11 is 0. The summed E-state index contributed by atoms with van der Waals surface area (Å²) in [7, 11) is -1.19. The molecule has 0 saturated heterocycles. The van der Waals surface area contributed by atoms with Crippen molar-refractivity contribution >= 4 is 39.8 Å². The highest BCUT2D eigenvalue weighted by Gasteiger charge is 2.04. The minimum absolute atomic E-state index is 0. The van der Waals surface area contributed by atoms with Crippen molar-refractivity contribution in [2.45, 2.75) is 26.3 Å². The number of hydrogen-bond donors (Lipinski definition) is 2. The van der Waals surface area contributed by atoms with Crippen molar-refractivity contribution in [3.8, 4) is 0 Å². The number of nitrogens with one attached hydrogen (secondary N) is 2. The molecule has 0 aliphatic carbocycles. The van der Waals surface area contributed by atoms with Gasteiger partial charge in [0.1, 0.15) is 9.84 Å². The van der Waals surface area contributed by atoms with E-state index in [1.807, 2.05) is 12.1 Å². The molecule has 0 fully saturated rings. The van der Waals surface area contributed by atoms with E-state index >= 15 is 0 Å². The first kappa shape index (κ1) is 21.2. The van der Waals surface area contributed by atoms with Gasteiger partial charge in [-0.25, -0.2) is 8.42 Å². The molecule has 22 heavy (non-hydrogen) atoms. The summed E-state index contributed by atoms with van der Waals surface area (Å²) in [5, 5.41) is 6.37. The molecule has 0 radical (unpaired) electrons. The minimum Gasteiger partial charge on any atom is -0.356 e. The number of guanidine groups is 1. The molecule has 7 heteroatoms. The molecule has 0 bridgehead atoms. The number of halogens is 1. The molecule has 0 unspecified atom stereocenters. The third-order valence-corrected chi connectivity index (χ3v) is 4.18. The van der Waals surface area contributed by atoms with E-state index in [2.05, 4.69) is 34.7 Å². The maximum Gasteiger partial charge on any atom is 0.191 e. The molecule has 0 aliphatic heterocycles. The van der Waals surface area contributed by atoms with E-state index in [0.29, 0.717) is 25.5 Å². The fourth-order valence-corrected chi connectivity index (χ4v) is 2.68. The van der Waals surface area contributed by atoms with Crippen LogP contribution in [0.4, 0.5) is 0 Å². The molecular formula is C15H26IN3O2S. The molecule has 0 aromatic heterocycles. The normalized spacial score (nSPS) is 11.7. The van der Waals surface area contributed by atoms with Gasteiger partial charge in [0.25, 0.3) is 0 Å². The first-order valence-electron chi connectivity index (χ1n) is 7.15. The van der Waals surface area contributed by atoms with E-state index in [1.54, 1.807) is 7.05 Å². The second kappa shape index (κ2) is 10.8. The van der Waals surface area contributed by atoms with E-state index < -0.39 is 9.84 Å². The van der Waals surface area contributed by atoms with Crippen LogP contribution in [0.1, 0.15) is 24.5 Å². The standard InChI is InChI=1S/C15H25N3O2S.HI/c1-4-13-8-5-6-9-14(13)12-18-15(16-2)17-10-7-11-21(3,19)20;/h5-6,8-9H,4,7,10-12H2,1-3H3,(H2,16,17,18);1H. The van der Waals surface area contributed by atoms with Crippen molar-refractivity contribution in [2.75, 3.05) is 25.6 Å². The molecule has 126 valence electrons. The summed E-state index contributed by atoms with van der Waals surface area (Å²) in [6, 6.07) is 8.29. The van der Waals surface area contributed by atoms with E-state index in [4.69, 9.17) is 0 Å². The summed E-state index contributed by atoms with van der Waals surface area (Å²) in [4.78, 5) is 4.14. The third-order valence-electron chi connectivity index (χ3n) is 3.15. The van der Waals surface area contributed by atoms with Crippen LogP contribution in [0.15, 0.2) is 29.3 Å². The fraction of sp³-hybridized carbons (Fsp3) is 0.533. The van der Waals surface area contributed by atoms with Gasteiger partial charge in [0, 0.05) is 26.4 Å². The Morgan fingerprint density at radius 3 is 2.36 bits per heavy atom. The summed E-state index contributed by atoms with van der Waals surface area (Å²) in [6.07, 6.45) is 2.82. The van der Waals surface area contributed by atoms with Crippen molar-refractivity contribution in [3.63, 3.8) is 0 Å². The van der Waals surface area contributed by atoms with Gasteiger partial charge in [-0.2, -0.15) is 0 Å². The molecule has 5 nitrogen and oxygen atoms in total. The molecule has 0 heterocycles. The molecule has 0 amide bonds. The van der Waals surface area contributed by atoms with Gasteiger partial charge in [-0.1, -0.05) is 31.2 Å². The Morgan fingerprint density at radius 2 is 1.82 bits per heavy atom. The monoisotopic (exact) mass is 439 g/mol. The van der Waals surface area contributed by atoms with Gasteiger partial charge in [0.15, 0.2) is 5.96 Å². The quantitative estimate of drug-likeness (QED) is 0.295. The van der Waals surface area contributed by atoms with Gasteiger partial charge in [0.05, 0.1) is 5.75 Å². The van der Waals surface area contributed by atoms with Crippen molar-refractivity contribution in [1.82, 2.24) is 10.6 Å². The van der Waals surface area contributed by atoms with Gasteiger partial charge >= 0.3 is 0 Å². The largest absolute Gasteiger partial charge is 0.356 e. The second-order valence-electron chi connectivity index (χ2n) is 4.96. The van der Waals surface area contributed by atoms with Crippen LogP contribution in [0.3, 0.4) is 0 Å². The number of benzene rings is 1. The van der Waals surface area contributed by atoms with Gasteiger partial charge in [-0.3, -0.25) is 4.99 Å². The van der Waals surface area contributed by atoms with E-state index in [1.165, 1.54) is 17.4 Å². The highest BCUT2D eigenvalue weighted by atomic mass is 127. The number of sulfone groups is 1. The van der Waals surface area contributed by atoms with Crippen LogP contribution in [0, 0.1) is 0 Å². The zero-order valence-corrected chi connectivity index (χ0v) is 16.6. The highest BCUT2D eigenvalue weighted by molar-refractivity contribution is 14.0. The summed E-state index contributed by atoms with van der Waals surface area (Å²) in [5.41, 5.74) is 2.57. The van der Waals surface area contributed by atoms with Crippen molar-refractivity contribution in [2.24, 2.45) is 4.99 Å². The third kappa shape index (κ3) is 8.57. The Bertz CT molecular complexity index is 574. The molecule has 1 aromatic rings. The number of nitrogens with zero attached hydrogens (tertiary/aromatic N) is 1. The van der Waals surface area contributed by atoms with E-state index in [-0.39, 0.29) is 29.7 Å². The van der Waals surface area contributed by atoms with Crippen LogP contribution in [0.5, 0.6) is 0 Å². The Labute approximate surface area is 150 Å². The van der Waals surface area contributed by atoms with Crippen LogP contribution < -0.4 is 10.6 Å². The van der Waals surface area contributed by atoms with Crippen molar-refractivity contribution in [1.29, 1.82) is 0 Å². The molecule has 0 aliphatic rings. The molecule has 1 aromatic carbocycles. The molecular weight excluding hydrogens is 413 g/mol. The van der Waals surface area contributed by atoms with Crippen LogP contribution in [-0.2, 0) is 22.8 Å². The number of hydrogen-bond acceptors (Lipinski definition) is 3. The summed E-state index contributed by atoms with van der Waals surface area (Å²) in [5.74, 6) is 0.879. The topological polar surface area (TPSA) is 70.6 Å². The van der Waals surface area contributed by atoms with E-state index in [0.717, 1.165) is 6.42 Å². The lowest BCUT2D eigenvalue weighted by Gasteiger charge is -2.13. The Morgan fingerprint density at radius 1 is 1.18 bits per heavy atom. The Hall–Kier alpha value is -0.830. The SMILES string of the molecule is CCc1ccccc1CNC(=NC)NCCCS(C)(=O)=O.I. The van der Waals surface area contributed by atoms with E-state index in [9.17, 15) is 8.42 Å². The second-order valence-corrected chi connectivity index (χ2v) is 7.22. The number of aliphatic imine (C=N–C) groups is 1. The predicted molar refractivity (Wildman–Crippen MR) is 104 cm³/mol. The maximum absolute atomic E-state index is 11.1. The lowest BCUT2D eigenvalue weighted by Crippen LogP contribution is -2.37. The number of aryl methyl sites for hydroxylation is 1. The van der Waals surface area contributed by atoms with Gasteiger partial charge < -0.3 is 10.6 Å². The molecule has 1 rings (SSSR count).